The van der Waals surface area contributed by atoms with Gasteiger partial charge in [-0.1, -0.05) is 12.2 Å². The maximum absolute atomic E-state index is 12.0. The van der Waals surface area contributed by atoms with Crippen LogP contribution in [0.3, 0.4) is 0 Å². The number of carbonyl (C=O) groups is 1. The molecule has 0 aromatic rings. The minimum Gasteiger partial charge on any atom is -0.360 e. The molecule has 2 bridgehead atoms. The van der Waals surface area contributed by atoms with Crippen molar-refractivity contribution in [1.29, 1.82) is 0 Å². The Balaban J connectivity index is 2.03. The van der Waals surface area contributed by atoms with Crippen LogP contribution in [0.4, 0.5) is 13.2 Å². The minimum atomic E-state index is -4.42. The highest BCUT2D eigenvalue weighted by Gasteiger charge is 2.46. The SMILES string of the molecule is O=C1[C@H](Cl)[C@@H]2C=C[C@@H](C2)[C@H]1OCC(F)(F)F. The lowest BCUT2D eigenvalue weighted by atomic mass is 9.84. The van der Waals surface area contributed by atoms with Gasteiger partial charge in [-0.3, -0.25) is 4.79 Å². The van der Waals surface area contributed by atoms with Crippen molar-refractivity contribution < 1.29 is 22.7 Å². The number of alkyl halides is 4. The second kappa shape index (κ2) is 4.04. The Kier molecular flexibility index (Phi) is 3.01. The van der Waals surface area contributed by atoms with Gasteiger partial charge in [-0.05, 0) is 6.42 Å². The number of carbonyl (C=O) groups excluding carboxylic acids is 1. The van der Waals surface area contributed by atoms with Crippen LogP contribution in [0.2, 0.25) is 0 Å². The smallest absolute Gasteiger partial charge is 0.360 e. The molecule has 2 aliphatic carbocycles. The van der Waals surface area contributed by atoms with Gasteiger partial charge < -0.3 is 4.74 Å². The topological polar surface area (TPSA) is 26.3 Å². The second-order valence-electron chi connectivity index (χ2n) is 4.10. The van der Waals surface area contributed by atoms with E-state index in [4.69, 9.17) is 11.6 Å². The van der Waals surface area contributed by atoms with Crippen LogP contribution in [-0.2, 0) is 9.53 Å². The van der Waals surface area contributed by atoms with Crippen molar-refractivity contribution in [3.05, 3.63) is 12.2 Å². The Morgan fingerprint density at radius 2 is 2.00 bits per heavy atom. The third-order valence-corrected chi connectivity index (χ3v) is 3.43. The van der Waals surface area contributed by atoms with Gasteiger partial charge in [0.1, 0.15) is 18.1 Å². The van der Waals surface area contributed by atoms with Crippen molar-refractivity contribution >= 4 is 17.4 Å². The van der Waals surface area contributed by atoms with Crippen molar-refractivity contribution in [2.75, 3.05) is 6.61 Å². The first-order chi connectivity index (χ1) is 7.38. The molecule has 0 aliphatic heterocycles. The molecule has 90 valence electrons. The number of hydrogen-bond acceptors (Lipinski definition) is 2. The molecule has 4 atom stereocenters. The summed E-state index contributed by atoms with van der Waals surface area (Å²) in [7, 11) is 0. The lowest BCUT2D eigenvalue weighted by molar-refractivity contribution is -0.191. The van der Waals surface area contributed by atoms with Crippen LogP contribution in [0.15, 0.2) is 12.2 Å². The Morgan fingerprint density at radius 3 is 2.62 bits per heavy atom. The van der Waals surface area contributed by atoms with Crippen molar-refractivity contribution in [2.24, 2.45) is 11.8 Å². The fourth-order valence-electron chi connectivity index (χ4n) is 2.17. The number of fused-ring (bicyclic) bond motifs is 2. The maximum Gasteiger partial charge on any atom is 0.411 e. The number of hydrogen-bond donors (Lipinski definition) is 0. The molecule has 2 nitrogen and oxygen atoms in total. The highest BCUT2D eigenvalue weighted by molar-refractivity contribution is 6.32. The standard InChI is InChI=1S/C10H10ClF3O2/c11-7-5-1-2-6(3-5)9(8(7)15)16-4-10(12,13)14/h1-2,5-7,9H,3-4H2/t5-,6+,7-,9-/m1/s1. The van der Waals surface area contributed by atoms with Crippen molar-refractivity contribution in [3.8, 4) is 0 Å². The van der Waals surface area contributed by atoms with E-state index in [1.807, 2.05) is 0 Å². The molecule has 2 aliphatic rings. The molecule has 0 aromatic heterocycles. The van der Waals surface area contributed by atoms with E-state index >= 15 is 0 Å². The predicted octanol–water partition coefficient (Wildman–Crippen LogP) is 2.32. The Bertz CT molecular complexity index is 327. The molecule has 16 heavy (non-hydrogen) atoms. The number of allylic oxidation sites excluding steroid dienone is 1. The summed E-state index contributed by atoms with van der Waals surface area (Å²) >= 11 is 5.84. The molecule has 0 radical (unpaired) electrons. The maximum atomic E-state index is 12.0. The van der Waals surface area contributed by atoms with Crippen LogP contribution in [0, 0.1) is 11.8 Å². The quantitative estimate of drug-likeness (QED) is 0.558. The minimum absolute atomic E-state index is 0.0510. The van der Waals surface area contributed by atoms with E-state index in [0.29, 0.717) is 6.42 Å². The summed E-state index contributed by atoms with van der Waals surface area (Å²) in [6, 6.07) is 0. The molecule has 6 heteroatoms. The largest absolute Gasteiger partial charge is 0.411 e. The molecule has 0 amide bonds. The van der Waals surface area contributed by atoms with Gasteiger partial charge in [-0.2, -0.15) is 13.2 Å². The Labute approximate surface area is 95.4 Å². The normalized spacial score (nSPS) is 38.1. The summed E-state index contributed by atoms with van der Waals surface area (Å²) in [6.07, 6.45) is -1.34. The van der Waals surface area contributed by atoms with Gasteiger partial charge >= 0.3 is 6.18 Å². The first-order valence-corrected chi connectivity index (χ1v) is 5.36. The molecule has 2 rings (SSSR count). The average molecular weight is 255 g/mol. The Morgan fingerprint density at radius 1 is 1.38 bits per heavy atom. The van der Waals surface area contributed by atoms with Crippen molar-refractivity contribution in [2.45, 2.75) is 24.1 Å². The molecule has 1 fully saturated rings. The first kappa shape index (κ1) is 11.9. The van der Waals surface area contributed by atoms with Crippen LogP contribution in [0.5, 0.6) is 0 Å². The summed E-state index contributed by atoms with van der Waals surface area (Å²) < 4.78 is 40.6. The first-order valence-electron chi connectivity index (χ1n) is 4.93. The third kappa shape index (κ3) is 2.25. The lowest BCUT2D eigenvalue weighted by Crippen LogP contribution is -2.44. The lowest BCUT2D eigenvalue weighted by Gasteiger charge is -2.31. The molecule has 0 aromatic carbocycles. The third-order valence-electron chi connectivity index (χ3n) is 2.89. The van der Waals surface area contributed by atoms with E-state index < -0.39 is 30.0 Å². The van der Waals surface area contributed by atoms with Crippen LogP contribution in [0.25, 0.3) is 0 Å². The fraction of sp³-hybridized carbons (Fsp3) is 0.700. The van der Waals surface area contributed by atoms with Crippen LogP contribution >= 0.6 is 11.6 Å². The molecule has 1 saturated carbocycles. The monoisotopic (exact) mass is 254 g/mol. The highest BCUT2D eigenvalue weighted by Crippen LogP contribution is 2.39. The summed E-state index contributed by atoms with van der Waals surface area (Å²) in [6.45, 7) is -1.40. The predicted molar refractivity (Wildman–Crippen MR) is 51.2 cm³/mol. The highest BCUT2D eigenvalue weighted by atomic mass is 35.5. The molecular weight excluding hydrogens is 245 g/mol. The number of rotatable bonds is 2. The van der Waals surface area contributed by atoms with Gasteiger partial charge in [0.05, 0.1) is 0 Å². The van der Waals surface area contributed by atoms with Crippen LogP contribution in [0.1, 0.15) is 6.42 Å². The number of ether oxygens (including phenoxy) is 1. The van der Waals surface area contributed by atoms with Gasteiger partial charge in [-0.25, -0.2) is 0 Å². The summed E-state index contributed by atoms with van der Waals surface area (Å²) in [4.78, 5) is 11.6. The van der Waals surface area contributed by atoms with Gasteiger partial charge in [0.2, 0.25) is 0 Å². The van der Waals surface area contributed by atoms with E-state index in [9.17, 15) is 18.0 Å². The second-order valence-corrected chi connectivity index (χ2v) is 4.57. The number of ketones is 1. The Hall–Kier alpha value is -0.550. The van der Waals surface area contributed by atoms with E-state index in [2.05, 4.69) is 4.74 Å². The van der Waals surface area contributed by atoms with E-state index in [0.717, 1.165) is 0 Å². The van der Waals surface area contributed by atoms with Gasteiger partial charge in [0, 0.05) is 11.8 Å². The molecular formula is C10H10ClF3O2. The van der Waals surface area contributed by atoms with Crippen LogP contribution < -0.4 is 0 Å². The van der Waals surface area contributed by atoms with E-state index in [1.165, 1.54) is 0 Å². The summed E-state index contributed by atoms with van der Waals surface area (Å²) in [5.41, 5.74) is 0. The van der Waals surface area contributed by atoms with Gasteiger partial charge in [0.15, 0.2) is 5.78 Å². The summed E-state index contributed by atoms with van der Waals surface area (Å²) in [5, 5.41) is -0.756. The molecule has 0 spiro atoms. The van der Waals surface area contributed by atoms with Crippen molar-refractivity contribution in [1.82, 2.24) is 0 Å². The van der Waals surface area contributed by atoms with E-state index in [1.54, 1.807) is 12.2 Å². The molecule has 0 heterocycles. The molecule has 0 N–H and O–H groups in total. The zero-order valence-corrected chi connectivity index (χ0v) is 8.96. The van der Waals surface area contributed by atoms with Crippen LogP contribution in [-0.4, -0.2) is 30.0 Å². The molecule has 0 unspecified atom stereocenters. The van der Waals surface area contributed by atoms with Gasteiger partial charge in [0.25, 0.3) is 0 Å². The zero-order chi connectivity index (χ0) is 11.9. The molecule has 0 saturated heterocycles. The average Bonchev–Trinajstić information content (AvgIpc) is 2.59. The summed E-state index contributed by atoms with van der Waals surface area (Å²) in [5.74, 6) is -0.739. The number of Topliss-reactive ketones (excluding diaryl/α,β-unsaturated/α-hetero) is 1. The zero-order valence-electron chi connectivity index (χ0n) is 8.21. The number of halogens is 4. The van der Waals surface area contributed by atoms with Gasteiger partial charge in [-0.15, -0.1) is 11.6 Å². The fourth-order valence-corrected chi connectivity index (χ4v) is 2.48. The van der Waals surface area contributed by atoms with Crippen molar-refractivity contribution in [3.63, 3.8) is 0 Å². The van der Waals surface area contributed by atoms with E-state index in [-0.39, 0.29) is 11.8 Å².